The molecule has 1 aliphatic heterocycles. The van der Waals surface area contributed by atoms with Crippen LogP contribution in [0.25, 0.3) is 11.3 Å². The van der Waals surface area contributed by atoms with Crippen LogP contribution in [-0.4, -0.2) is 34.8 Å². The third-order valence-electron chi connectivity index (χ3n) is 4.00. The summed E-state index contributed by atoms with van der Waals surface area (Å²) in [5.74, 6) is 0.853. The van der Waals surface area contributed by atoms with Gasteiger partial charge in [-0.15, -0.1) is 0 Å². The van der Waals surface area contributed by atoms with E-state index in [9.17, 15) is 9.59 Å². The Balaban J connectivity index is 1.80. The third kappa shape index (κ3) is 4.58. The number of nitrogens with one attached hydrogen (secondary N) is 2. The van der Waals surface area contributed by atoms with E-state index in [2.05, 4.69) is 16.0 Å². The number of carbonyl (C=O) groups is 2. The van der Waals surface area contributed by atoms with Crippen molar-refractivity contribution in [1.82, 2.24) is 20.6 Å². The lowest BCUT2D eigenvalue weighted by Crippen LogP contribution is -2.42. The molecule has 1 aromatic carbocycles. The van der Waals surface area contributed by atoms with Crippen LogP contribution in [0.15, 0.2) is 24.4 Å². The molecule has 0 radical (unpaired) electrons. The van der Waals surface area contributed by atoms with Gasteiger partial charge >= 0.3 is 0 Å². The Hall–Kier alpha value is -3.03. The zero-order valence-electron chi connectivity index (χ0n) is 15.7. The van der Waals surface area contributed by atoms with Gasteiger partial charge in [-0.2, -0.15) is 5.10 Å². The number of carbonyl (C=O) groups excluding carboxylic acids is 2. The molecule has 1 aromatic heterocycles. The summed E-state index contributed by atoms with van der Waals surface area (Å²) in [6, 6.07) is 5.47. The van der Waals surface area contributed by atoms with Gasteiger partial charge in [0.2, 0.25) is 5.91 Å². The molecule has 8 nitrogen and oxygen atoms in total. The molecule has 0 bridgehead atoms. The van der Waals surface area contributed by atoms with Gasteiger partial charge in [-0.25, -0.2) is 0 Å². The van der Waals surface area contributed by atoms with Crippen LogP contribution in [0.2, 0.25) is 0 Å². The number of benzene rings is 1. The van der Waals surface area contributed by atoms with Crippen molar-refractivity contribution in [1.29, 1.82) is 0 Å². The van der Waals surface area contributed by atoms with Crippen molar-refractivity contribution in [2.75, 3.05) is 13.2 Å². The average Bonchev–Trinajstić information content (AvgIpc) is 2.86. The predicted octanol–water partition coefficient (Wildman–Crippen LogP) is 2.06. The molecular weight excluding hydrogens is 348 g/mol. The van der Waals surface area contributed by atoms with Crippen molar-refractivity contribution < 1.29 is 19.1 Å². The first-order valence-electron chi connectivity index (χ1n) is 8.97. The zero-order valence-corrected chi connectivity index (χ0v) is 15.7. The summed E-state index contributed by atoms with van der Waals surface area (Å²) in [5.41, 5.74) is 6.49. The maximum atomic E-state index is 12.6. The highest BCUT2D eigenvalue weighted by Gasteiger charge is 2.20. The van der Waals surface area contributed by atoms with Crippen LogP contribution in [0.1, 0.15) is 37.0 Å². The van der Waals surface area contributed by atoms with E-state index in [0.29, 0.717) is 42.4 Å². The van der Waals surface area contributed by atoms with Crippen molar-refractivity contribution in [2.24, 2.45) is 13.0 Å². The largest absolute Gasteiger partial charge is 0.490 e. The maximum Gasteiger partial charge on any atom is 0.273 e. The summed E-state index contributed by atoms with van der Waals surface area (Å²) in [4.78, 5) is 24.3. The highest BCUT2D eigenvalue weighted by Crippen LogP contribution is 2.34. The zero-order chi connectivity index (χ0) is 19.4. The average molecular weight is 372 g/mol. The van der Waals surface area contributed by atoms with Gasteiger partial charge in [0.05, 0.1) is 18.8 Å². The minimum Gasteiger partial charge on any atom is -0.490 e. The monoisotopic (exact) mass is 372 g/mol. The summed E-state index contributed by atoms with van der Waals surface area (Å²) in [7, 11) is 1.74. The molecule has 3 rings (SSSR count). The lowest BCUT2D eigenvalue weighted by atomic mass is 10.1. The second-order valence-corrected chi connectivity index (χ2v) is 6.88. The van der Waals surface area contributed by atoms with E-state index in [-0.39, 0.29) is 11.8 Å². The molecule has 0 saturated heterocycles. The van der Waals surface area contributed by atoms with Crippen molar-refractivity contribution in [3.8, 4) is 22.8 Å². The second kappa shape index (κ2) is 8.11. The minimum atomic E-state index is -0.428. The van der Waals surface area contributed by atoms with Gasteiger partial charge in [0.15, 0.2) is 11.5 Å². The molecule has 2 amide bonds. The number of aryl methyl sites for hydroxylation is 1. The number of fused-ring (bicyclic) bond motifs is 1. The molecule has 0 atom stereocenters. The molecule has 0 spiro atoms. The molecular formula is C19H24N4O4. The van der Waals surface area contributed by atoms with E-state index in [4.69, 9.17) is 9.47 Å². The third-order valence-corrected chi connectivity index (χ3v) is 4.00. The fraction of sp³-hybridized carbons (Fsp3) is 0.421. The SMILES string of the molecule is CC(C)CC(=O)NNC(=O)c1cn(C)nc1-c1ccc2c(c1)OCCCO2. The Labute approximate surface area is 157 Å². The summed E-state index contributed by atoms with van der Waals surface area (Å²) in [5, 5.41) is 4.40. The first-order chi connectivity index (χ1) is 12.9. The van der Waals surface area contributed by atoms with Gasteiger partial charge in [0.1, 0.15) is 5.69 Å². The lowest BCUT2D eigenvalue weighted by Gasteiger charge is -2.10. The Morgan fingerprint density at radius 3 is 2.67 bits per heavy atom. The highest BCUT2D eigenvalue weighted by molar-refractivity contribution is 6.00. The molecule has 144 valence electrons. The first kappa shape index (κ1) is 18.8. The van der Waals surface area contributed by atoms with Crippen LogP contribution < -0.4 is 20.3 Å². The summed E-state index contributed by atoms with van der Waals surface area (Å²) in [6.45, 7) is 5.06. The van der Waals surface area contributed by atoms with Gasteiger partial charge in [0, 0.05) is 31.6 Å². The van der Waals surface area contributed by atoms with Crippen LogP contribution in [0.5, 0.6) is 11.5 Å². The Morgan fingerprint density at radius 1 is 1.19 bits per heavy atom. The number of hydrogen-bond acceptors (Lipinski definition) is 5. The topological polar surface area (TPSA) is 94.5 Å². The number of rotatable bonds is 4. The van der Waals surface area contributed by atoms with Crippen molar-refractivity contribution in [3.63, 3.8) is 0 Å². The van der Waals surface area contributed by atoms with E-state index < -0.39 is 5.91 Å². The van der Waals surface area contributed by atoms with Gasteiger partial charge in [-0.1, -0.05) is 13.8 Å². The standard InChI is InChI=1S/C19H24N4O4/c1-12(2)9-17(24)20-21-19(25)14-11-23(3)22-18(14)13-5-6-15-16(10-13)27-8-4-7-26-15/h5-6,10-12H,4,7-9H2,1-3H3,(H,20,24)(H,21,25). The smallest absolute Gasteiger partial charge is 0.273 e. The molecule has 2 aromatic rings. The number of amides is 2. The molecule has 27 heavy (non-hydrogen) atoms. The van der Waals surface area contributed by atoms with Crippen molar-refractivity contribution >= 4 is 11.8 Å². The Bertz CT molecular complexity index is 844. The Kier molecular flexibility index (Phi) is 5.63. The maximum absolute atomic E-state index is 12.6. The number of hydrogen-bond donors (Lipinski definition) is 2. The predicted molar refractivity (Wildman–Crippen MR) is 99.3 cm³/mol. The van der Waals surface area contributed by atoms with Crippen LogP contribution in [-0.2, 0) is 11.8 Å². The normalized spacial score (nSPS) is 13.2. The molecule has 0 aliphatic carbocycles. The van der Waals surface area contributed by atoms with E-state index >= 15 is 0 Å². The highest BCUT2D eigenvalue weighted by atomic mass is 16.5. The first-order valence-corrected chi connectivity index (χ1v) is 8.97. The van der Waals surface area contributed by atoms with Gasteiger partial charge in [-0.3, -0.25) is 25.1 Å². The molecule has 2 heterocycles. The van der Waals surface area contributed by atoms with Crippen molar-refractivity contribution in [2.45, 2.75) is 26.7 Å². The van der Waals surface area contributed by atoms with Crippen LogP contribution in [0.4, 0.5) is 0 Å². The molecule has 2 N–H and O–H groups in total. The molecule has 0 saturated carbocycles. The fourth-order valence-corrected chi connectivity index (χ4v) is 2.79. The van der Waals surface area contributed by atoms with Crippen LogP contribution >= 0.6 is 0 Å². The number of nitrogens with zero attached hydrogens (tertiary/aromatic N) is 2. The van der Waals surface area contributed by atoms with Crippen LogP contribution in [0.3, 0.4) is 0 Å². The van der Waals surface area contributed by atoms with E-state index in [1.807, 2.05) is 32.0 Å². The fourth-order valence-electron chi connectivity index (χ4n) is 2.79. The summed E-state index contributed by atoms with van der Waals surface area (Å²) in [6.07, 6.45) is 2.77. The minimum absolute atomic E-state index is 0.206. The summed E-state index contributed by atoms with van der Waals surface area (Å²) < 4.78 is 12.9. The quantitative estimate of drug-likeness (QED) is 0.801. The molecule has 0 fully saturated rings. The molecule has 0 unspecified atom stereocenters. The molecule has 8 heteroatoms. The van der Waals surface area contributed by atoms with E-state index in [1.165, 1.54) is 0 Å². The van der Waals surface area contributed by atoms with Gasteiger partial charge in [0.25, 0.3) is 5.91 Å². The van der Waals surface area contributed by atoms with Crippen LogP contribution in [0, 0.1) is 5.92 Å². The molecule has 1 aliphatic rings. The number of ether oxygens (including phenoxy) is 2. The number of aromatic nitrogens is 2. The second-order valence-electron chi connectivity index (χ2n) is 6.88. The number of hydrazine groups is 1. The Morgan fingerprint density at radius 2 is 1.93 bits per heavy atom. The lowest BCUT2D eigenvalue weighted by molar-refractivity contribution is -0.122. The van der Waals surface area contributed by atoms with E-state index in [1.54, 1.807) is 17.9 Å². The summed E-state index contributed by atoms with van der Waals surface area (Å²) >= 11 is 0. The van der Waals surface area contributed by atoms with Gasteiger partial charge < -0.3 is 9.47 Å². The van der Waals surface area contributed by atoms with Crippen molar-refractivity contribution in [3.05, 3.63) is 30.0 Å². The van der Waals surface area contributed by atoms with E-state index in [0.717, 1.165) is 12.0 Å². The van der Waals surface area contributed by atoms with Gasteiger partial charge in [-0.05, 0) is 24.1 Å².